The Morgan fingerprint density at radius 3 is 3.04 bits per heavy atom. The van der Waals surface area contributed by atoms with E-state index in [2.05, 4.69) is 40.0 Å². The van der Waals surface area contributed by atoms with Crippen molar-refractivity contribution < 1.29 is 14.3 Å². The highest BCUT2D eigenvalue weighted by Gasteiger charge is 2.71. The van der Waals surface area contributed by atoms with Crippen LogP contribution in [0.3, 0.4) is 0 Å². The van der Waals surface area contributed by atoms with Crippen molar-refractivity contribution in [3.8, 4) is 11.5 Å². The molecule has 4 unspecified atom stereocenters. The molecular formula is C18H18BrNO3. The van der Waals surface area contributed by atoms with Gasteiger partial charge in [-0.05, 0) is 44.1 Å². The Bertz CT molecular complexity index is 776. The number of piperidine rings is 1. The van der Waals surface area contributed by atoms with Crippen LogP contribution in [-0.4, -0.2) is 47.9 Å². The van der Waals surface area contributed by atoms with Gasteiger partial charge < -0.3 is 14.4 Å². The molecule has 120 valence electrons. The topological polar surface area (TPSA) is 38.8 Å². The van der Waals surface area contributed by atoms with Gasteiger partial charge in [-0.15, -0.1) is 0 Å². The maximum absolute atomic E-state index is 12.7. The van der Waals surface area contributed by atoms with Crippen LogP contribution in [0.5, 0.6) is 11.5 Å². The standard InChI is InChI=1S/C18H18BrNO3/c1-20-8-7-17-14-10-3-4-12(22-2)15(14)23-16(17)11(21)5-6-18(17,19)13(20)9-10/h3-6,13,16H,7-9H2,1-2H3. The van der Waals surface area contributed by atoms with E-state index in [4.69, 9.17) is 9.47 Å². The molecule has 1 aromatic carbocycles. The summed E-state index contributed by atoms with van der Waals surface area (Å²) >= 11 is 4.06. The molecule has 0 aromatic heterocycles. The number of hydrogen-bond donors (Lipinski definition) is 0. The summed E-state index contributed by atoms with van der Waals surface area (Å²) < 4.78 is 11.5. The van der Waals surface area contributed by atoms with Crippen LogP contribution in [0.1, 0.15) is 17.5 Å². The van der Waals surface area contributed by atoms with Gasteiger partial charge in [0.15, 0.2) is 23.4 Å². The number of halogens is 1. The van der Waals surface area contributed by atoms with E-state index in [0.717, 1.165) is 30.9 Å². The average Bonchev–Trinajstić information content (AvgIpc) is 2.90. The zero-order valence-electron chi connectivity index (χ0n) is 13.1. The van der Waals surface area contributed by atoms with Crippen molar-refractivity contribution in [3.63, 3.8) is 0 Å². The zero-order chi connectivity index (χ0) is 16.0. The first kappa shape index (κ1) is 14.1. The van der Waals surface area contributed by atoms with E-state index >= 15 is 0 Å². The maximum Gasteiger partial charge on any atom is 0.196 e. The Balaban J connectivity index is 1.89. The van der Waals surface area contributed by atoms with Crippen LogP contribution >= 0.6 is 15.9 Å². The van der Waals surface area contributed by atoms with Crippen LogP contribution < -0.4 is 9.47 Å². The minimum absolute atomic E-state index is 0.0643. The largest absolute Gasteiger partial charge is 0.493 e. The van der Waals surface area contributed by atoms with Gasteiger partial charge >= 0.3 is 0 Å². The van der Waals surface area contributed by atoms with Gasteiger partial charge in [-0.1, -0.05) is 28.1 Å². The molecule has 2 heterocycles. The number of ether oxygens (including phenoxy) is 2. The van der Waals surface area contributed by atoms with Crippen molar-refractivity contribution in [1.82, 2.24) is 4.90 Å². The third kappa shape index (κ3) is 1.36. The number of benzene rings is 1. The zero-order valence-corrected chi connectivity index (χ0v) is 14.7. The van der Waals surface area contributed by atoms with Gasteiger partial charge in [-0.25, -0.2) is 0 Å². The number of likely N-dealkylation sites (tertiary alicyclic amines) is 1. The lowest BCUT2D eigenvalue weighted by Crippen LogP contribution is -2.72. The summed E-state index contributed by atoms with van der Waals surface area (Å²) in [4.78, 5) is 15.1. The highest BCUT2D eigenvalue weighted by atomic mass is 79.9. The molecule has 0 amide bonds. The molecule has 5 rings (SSSR count). The van der Waals surface area contributed by atoms with E-state index in [0.29, 0.717) is 6.04 Å². The van der Waals surface area contributed by atoms with Crippen LogP contribution in [0.2, 0.25) is 0 Å². The van der Waals surface area contributed by atoms with Gasteiger partial charge in [-0.2, -0.15) is 0 Å². The van der Waals surface area contributed by atoms with Gasteiger partial charge in [0.05, 0.1) is 16.8 Å². The predicted octanol–water partition coefficient (Wildman–Crippen LogP) is 2.23. The van der Waals surface area contributed by atoms with Crippen LogP contribution in [0.4, 0.5) is 0 Å². The Kier molecular flexibility index (Phi) is 2.56. The molecule has 2 aliphatic carbocycles. The fourth-order valence-corrected chi connectivity index (χ4v) is 6.47. The number of ketones is 1. The second-order valence-corrected chi connectivity index (χ2v) is 8.37. The van der Waals surface area contributed by atoms with E-state index < -0.39 is 6.10 Å². The van der Waals surface area contributed by atoms with Crippen LogP contribution in [-0.2, 0) is 16.6 Å². The molecule has 4 atom stereocenters. The third-order valence-corrected chi connectivity index (χ3v) is 7.78. The number of alkyl halides is 1. The first-order valence-electron chi connectivity index (χ1n) is 8.02. The lowest BCUT2D eigenvalue weighted by atomic mass is 9.53. The molecule has 1 fully saturated rings. The molecule has 1 spiro atoms. The normalized spacial score (nSPS) is 39.9. The first-order chi connectivity index (χ1) is 11.0. The van der Waals surface area contributed by atoms with E-state index in [1.165, 1.54) is 11.1 Å². The fourth-order valence-electron chi connectivity index (χ4n) is 5.22. The molecule has 2 bridgehead atoms. The number of carbonyl (C=O) groups excluding carboxylic acids is 1. The van der Waals surface area contributed by atoms with Crippen molar-refractivity contribution in [2.75, 3.05) is 20.7 Å². The second-order valence-electron chi connectivity index (χ2n) is 7.05. The molecule has 1 aromatic rings. The smallest absolute Gasteiger partial charge is 0.196 e. The maximum atomic E-state index is 12.7. The summed E-state index contributed by atoms with van der Waals surface area (Å²) in [6, 6.07) is 4.43. The fraction of sp³-hybridized carbons (Fsp3) is 0.500. The lowest BCUT2D eigenvalue weighted by molar-refractivity contribution is -0.126. The molecule has 4 aliphatic rings. The monoisotopic (exact) mass is 375 g/mol. The summed E-state index contributed by atoms with van der Waals surface area (Å²) in [5.41, 5.74) is 2.16. The molecule has 23 heavy (non-hydrogen) atoms. The quantitative estimate of drug-likeness (QED) is 0.705. The Labute approximate surface area is 143 Å². The number of carbonyl (C=O) groups is 1. The molecule has 4 nitrogen and oxygen atoms in total. The van der Waals surface area contributed by atoms with Crippen LogP contribution in [0, 0.1) is 0 Å². The highest BCUT2D eigenvalue weighted by Crippen LogP contribution is 2.66. The van der Waals surface area contributed by atoms with Gasteiger partial charge in [0.2, 0.25) is 0 Å². The van der Waals surface area contributed by atoms with Crippen molar-refractivity contribution in [2.24, 2.45) is 0 Å². The summed E-state index contributed by atoms with van der Waals surface area (Å²) in [5, 5.41) is 0. The van der Waals surface area contributed by atoms with Crippen LogP contribution in [0.15, 0.2) is 24.3 Å². The summed E-state index contributed by atoms with van der Waals surface area (Å²) in [7, 11) is 3.83. The van der Waals surface area contributed by atoms with Gasteiger partial charge in [0.1, 0.15) is 0 Å². The van der Waals surface area contributed by atoms with Gasteiger partial charge in [0, 0.05) is 11.6 Å². The molecular weight excluding hydrogens is 358 g/mol. The number of rotatable bonds is 1. The SMILES string of the molecule is COc1ccc2c3c1OC1C(=O)C=CC4(Br)C(C2)N(C)CCC314. The summed E-state index contributed by atoms with van der Waals surface area (Å²) in [6.07, 6.45) is 5.18. The second kappa shape index (κ2) is 4.19. The van der Waals surface area contributed by atoms with Crippen molar-refractivity contribution in [2.45, 2.75) is 34.7 Å². The number of methoxy groups -OCH3 is 1. The van der Waals surface area contributed by atoms with Gasteiger partial charge in [0.25, 0.3) is 0 Å². The summed E-state index contributed by atoms with van der Waals surface area (Å²) in [6.45, 7) is 0.967. The van der Waals surface area contributed by atoms with E-state index in [1.807, 2.05) is 6.07 Å². The van der Waals surface area contributed by atoms with Crippen molar-refractivity contribution in [3.05, 3.63) is 35.4 Å². The van der Waals surface area contributed by atoms with E-state index in [9.17, 15) is 4.79 Å². The van der Waals surface area contributed by atoms with Crippen LogP contribution in [0.25, 0.3) is 0 Å². The number of hydrogen-bond acceptors (Lipinski definition) is 4. The number of nitrogens with zero attached hydrogens (tertiary/aromatic N) is 1. The third-order valence-electron chi connectivity index (χ3n) is 6.28. The van der Waals surface area contributed by atoms with E-state index in [1.54, 1.807) is 13.2 Å². The molecule has 0 saturated carbocycles. The Morgan fingerprint density at radius 2 is 2.26 bits per heavy atom. The van der Waals surface area contributed by atoms with Crippen molar-refractivity contribution in [1.29, 1.82) is 0 Å². The molecule has 5 heteroatoms. The Morgan fingerprint density at radius 1 is 1.43 bits per heavy atom. The predicted molar refractivity (Wildman–Crippen MR) is 89.6 cm³/mol. The molecule has 1 saturated heterocycles. The minimum Gasteiger partial charge on any atom is -0.493 e. The van der Waals surface area contributed by atoms with Gasteiger partial charge in [-0.3, -0.25) is 4.79 Å². The van der Waals surface area contributed by atoms with E-state index in [-0.39, 0.29) is 15.5 Å². The number of likely N-dealkylation sites (N-methyl/N-ethyl adjacent to an activating group) is 1. The summed E-state index contributed by atoms with van der Waals surface area (Å²) in [5.74, 6) is 1.57. The molecule has 0 N–H and O–H groups in total. The first-order valence-corrected chi connectivity index (χ1v) is 8.81. The lowest BCUT2D eigenvalue weighted by Gasteiger charge is -2.60. The molecule has 2 aliphatic heterocycles. The highest BCUT2D eigenvalue weighted by molar-refractivity contribution is 9.10. The average molecular weight is 376 g/mol. The van der Waals surface area contributed by atoms with Crippen molar-refractivity contribution >= 4 is 21.7 Å². The Hall–Kier alpha value is -1.33. The molecule has 0 radical (unpaired) electrons. The minimum atomic E-state index is -0.451.